The van der Waals surface area contributed by atoms with Crippen LogP contribution >= 0.6 is 0 Å². The largest absolute Gasteiger partial charge is 0.393 e. The number of aliphatic hydroxyl groups excluding tert-OH is 1. The minimum atomic E-state index is -0.472. The van der Waals surface area contributed by atoms with Crippen molar-refractivity contribution in [2.24, 2.45) is 0 Å². The lowest BCUT2D eigenvalue weighted by atomic mass is 10.0. The predicted molar refractivity (Wildman–Crippen MR) is 90.6 cm³/mol. The van der Waals surface area contributed by atoms with Crippen LogP contribution in [0.5, 0.6) is 0 Å². The maximum atomic E-state index is 10.4. The third kappa shape index (κ3) is 2.48. The maximum Gasteiger partial charge on any atom is 0.181 e. The van der Waals surface area contributed by atoms with Gasteiger partial charge in [-0.05, 0) is 23.6 Å². The van der Waals surface area contributed by atoms with Crippen molar-refractivity contribution in [3.8, 4) is 5.82 Å². The molecule has 1 aliphatic heterocycles. The highest BCUT2D eigenvalue weighted by atomic mass is 16.3. The molecular weight excluding hydrogens is 304 g/mol. The van der Waals surface area contributed by atoms with E-state index in [4.69, 9.17) is 5.73 Å². The van der Waals surface area contributed by atoms with Gasteiger partial charge in [-0.1, -0.05) is 24.3 Å². The highest BCUT2D eigenvalue weighted by Gasteiger charge is 2.23. The second-order valence-electron chi connectivity index (χ2n) is 5.81. The smallest absolute Gasteiger partial charge is 0.181 e. The molecule has 4 rings (SSSR count). The van der Waals surface area contributed by atoms with Crippen molar-refractivity contribution in [3.05, 3.63) is 60.2 Å². The van der Waals surface area contributed by atoms with Gasteiger partial charge in [-0.15, -0.1) is 0 Å². The van der Waals surface area contributed by atoms with Gasteiger partial charge in [0.1, 0.15) is 12.0 Å². The summed E-state index contributed by atoms with van der Waals surface area (Å²) in [6.07, 6.45) is 5.12. The molecule has 2 aromatic heterocycles. The first-order valence-corrected chi connectivity index (χ1v) is 7.85. The molecule has 1 atom stereocenters. The van der Waals surface area contributed by atoms with Crippen LogP contribution in [-0.2, 0) is 6.54 Å². The first-order valence-electron chi connectivity index (χ1n) is 7.85. The summed E-state index contributed by atoms with van der Waals surface area (Å²) in [7, 11) is 0. The Bertz CT molecular complexity index is 848. The molecule has 1 aromatic carbocycles. The number of nitrogens with two attached hydrogens (primary N) is 1. The van der Waals surface area contributed by atoms with Crippen molar-refractivity contribution >= 4 is 11.5 Å². The molecule has 1 unspecified atom stereocenters. The second-order valence-corrected chi connectivity index (χ2v) is 5.81. The van der Waals surface area contributed by atoms with Crippen LogP contribution in [0, 0.1) is 0 Å². The third-order valence-corrected chi connectivity index (χ3v) is 4.31. The van der Waals surface area contributed by atoms with E-state index >= 15 is 0 Å². The monoisotopic (exact) mass is 322 g/mol. The van der Waals surface area contributed by atoms with Gasteiger partial charge in [-0.3, -0.25) is 0 Å². The molecule has 0 bridgehead atoms. The van der Waals surface area contributed by atoms with Gasteiger partial charge in [0.05, 0.1) is 6.10 Å². The Labute approximate surface area is 139 Å². The minimum absolute atomic E-state index is 0.472. The Morgan fingerprint density at radius 1 is 1.12 bits per heavy atom. The number of nitrogen functional groups attached to an aromatic ring is 1. The fraction of sp³-hybridized carbons (Fsp3) is 0.235. The average molecular weight is 322 g/mol. The first kappa shape index (κ1) is 14.6. The van der Waals surface area contributed by atoms with Crippen LogP contribution in [0.15, 0.2) is 49.1 Å². The molecule has 1 aliphatic rings. The van der Waals surface area contributed by atoms with E-state index in [0.29, 0.717) is 36.8 Å². The van der Waals surface area contributed by atoms with Crippen molar-refractivity contribution in [1.82, 2.24) is 19.7 Å². The molecule has 3 N–H and O–H groups in total. The number of anilines is 2. The molecular formula is C17H18N6O. The molecule has 0 aliphatic carbocycles. The molecule has 0 saturated heterocycles. The van der Waals surface area contributed by atoms with Gasteiger partial charge in [0.2, 0.25) is 0 Å². The quantitative estimate of drug-likeness (QED) is 0.746. The predicted octanol–water partition coefficient (Wildman–Crippen LogP) is 1.69. The average Bonchev–Trinajstić information content (AvgIpc) is 3.08. The molecule has 3 aromatic rings. The van der Waals surface area contributed by atoms with Crippen LogP contribution in [0.2, 0.25) is 0 Å². The van der Waals surface area contributed by atoms with Crippen molar-refractivity contribution in [2.75, 3.05) is 17.2 Å². The summed E-state index contributed by atoms with van der Waals surface area (Å²) >= 11 is 0. The van der Waals surface area contributed by atoms with E-state index in [1.54, 1.807) is 17.1 Å². The van der Waals surface area contributed by atoms with Gasteiger partial charge >= 0.3 is 0 Å². The molecule has 0 fully saturated rings. The number of hydrogen-bond donors (Lipinski definition) is 2. The van der Waals surface area contributed by atoms with E-state index in [9.17, 15) is 5.11 Å². The van der Waals surface area contributed by atoms with Crippen LogP contribution < -0.4 is 10.6 Å². The fourth-order valence-electron chi connectivity index (χ4n) is 3.11. The van der Waals surface area contributed by atoms with Crippen molar-refractivity contribution < 1.29 is 5.11 Å². The SMILES string of the molecule is Nc1c(N2CCC(O)c3ccccc3C2)ncnc1-n1cccn1. The van der Waals surface area contributed by atoms with Gasteiger partial charge in [0, 0.05) is 25.5 Å². The molecule has 122 valence electrons. The number of aromatic nitrogens is 4. The Morgan fingerprint density at radius 2 is 1.96 bits per heavy atom. The van der Waals surface area contributed by atoms with Gasteiger partial charge in [-0.25, -0.2) is 14.6 Å². The zero-order valence-electron chi connectivity index (χ0n) is 13.1. The van der Waals surface area contributed by atoms with Crippen LogP contribution in [0.4, 0.5) is 11.5 Å². The highest BCUT2D eigenvalue weighted by molar-refractivity contribution is 5.70. The van der Waals surface area contributed by atoms with Crippen molar-refractivity contribution in [1.29, 1.82) is 0 Å². The van der Waals surface area contributed by atoms with Crippen LogP contribution in [0.3, 0.4) is 0 Å². The van der Waals surface area contributed by atoms with Crippen LogP contribution in [0.25, 0.3) is 5.82 Å². The summed E-state index contributed by atoms with van der Waals surface area (Å²) in [6, 6.07) is 9.75. The minimum Gasteiger partial charge on any atom is -0.393 e. The summed E-state index contributed by atoms with van der Waals surface area (Å²) in [5, 5.41) is 14.6. The molecule has 0 radical (unpaired) electrons. The summed E-state index contributed by atoms with van der Waals surface area (Å²) < 4.78 is 1.63. The molecule has 24 heavy (non-hydrogen) atoms. The van der Waals surface area contributed by atoms with Crippen molar-refractivity contribution in [2.45, 2.75) is 19.1 Å². The number of rotatable bonds is 2. The molecule has 0 saturated carbocycles. The van der Waals surface area contributed by atoms with E-state index in [2.05, 4.69) is 20.0 Å². The summed E-state index contributed by atoms with van der Waals surface area (Å²) in [5.41, 5.74) is 8.86. The Kier molecular flexibility index (Phi) is 3.62. The van der Waals surface area contributed by atoms with Crippen molar-refractivity contribution in [3.63, 3.8) is 0 Å². The van der Waals surface area contributed by atoms with E-state index in [0.717, 1.165) is 11.1 Å². The van der Waals surface area contributed by atoms with E-state index in [1.165, 1.54) is 6.33 Å². The second kappa shape index (κ2) is 5.93. The number of aliphatic hydroxyl groups is 1. The lowest BCUT2D eigenvalue weighted by Crippen LogP contribution is -2.25. The zero-order chi connectivity index (χ0) is 16.5. The van der Waals surface area contributed by atoms with Gasteiger partial charge < -0.3 is 15.7 Å². The van der Waals surface area contributed by atoms with E-state index in [1.807, 2.05) is 30.3 Å². The number of benzene rings is 1. The molecule has 0 amide bonds. The molecule has 7 nitrogen and oxygen atoms in total. The van der Waals surface area contributed by atoms with E-state index in [-0.39, 0.29) is 0 Å². The molecule has 0 spiro atoms. The number of nitrogens with zero attached hydrogens (tertiary/aromatic N) is 5. The van der Waals surface area contributed by atoms with Gasteiger partial charge in [0.15, 0.2) is 11.6 Å². The summed E-state index contributed by atoms with van der Waals surface area (Å²) in [5.74, 6) is 1.22. The Hall–Kier alpha value is -2.93. The fourth-order valence-corrected chi connectivity index (χ4v) is 3.11. The molecule has 3 heterocycles. The van der Waals surface area contributed by atoms with Gasteiger partial charge in [0.25, 0.3) is 0 Å². The summed E-state index contributed by atoms with van der Waals surface area (Å²) in [4.78, 5) is 10.7. The van der Waals surface area contributed by atoms with E-state index < -0.39 is 6.10 Å². The van der Waals surface area contributed by atoms with Gasteiger partial charge in [-0.2, -0.15) is 5.10 Å². The zero-order valence-corrected chi connectivity index (χ0v) is 13.1. The van der Waals surface area contributed by atoms with Crippen LogP contribution in [0.1, 0.15) is 23.7 Å². The number of hydrogen-bond acceptors (Lipinski definition) is 6. The molecule has 7 heteroatoms. The number of fused-ring (bicyclic) bond motifs is 1. The third-order valence-electron chi connectivity index (χ3n) is 4.31. The standard InChI is InChI=1S/C17H18N6O/c18-15-16(19-11-20-17(15)23-8-3-7-21-23)22-9-6-14(24)13-5-2-1-4-12(13)10-22/h1-5,7-8,11,14,24H,6,9-10,18H2. The summed E-state index contributed by atoms with van der Waals surface area (Å²) in [6.45, 7) is 1.31. The van der Waals surface area contributed by atoms with Crippen LogP contribution in [-0.4, -0.2) is 31.4 Å². The Balaban J connectivity index is 1.73. The lowest BCUT2D eigenvalue weighted by Gasteiger charge is -2.23. The normalized spacial score (nSPS) is 17.4. The maximum absolute atomic E-state index is 10.4. The lowest BCUT2D eigenvalue weighted by molar-refractivity contribution is 0.171. The topological polar surface area (TPSA) is 93.1 Å². The highest BCUT2D eigenvalue weighted by Crippen LogP contribution is 2.32. The first-order chi connectivity index (χ1) is 11.7. The Morgan fingerprint density at radius 3 is 2.79 bits per heavy atom.